The normalized spacial score (nSPS) is 18.6. The van der Waals surface area contributed by atoms with Gasteiger partial charge in [-0.3, -0.25) is 4.79 Å². The number of amides is 1. The number of nitrogens with one attached hydrogen (secondary N) is 1. The van der Waals surface area contributed by atoms with Gasteiger partial charge in [0.05, 0.1) is 6.54 Å². The van der Waals surface area contributed by atoms with Crippen LogP contribution < -0.4 is 11.1 Å². The Morgan fingerprint density at radius 3 is 2.83 bits per heavy atom. The van der Waals surface area contributed by atoms with Gasteiger partial charge >= 0.3 is 0 Å². The second-order valence-corrected chi connectivity index (χ2v) is 4.68. The number of rotatable bonds is 4. The van der Waals surface area contributed by atoms with Gasteiger partial charge in [0.15, 0.2) is 5.76 Å². The fraction of sp³-hybridized carbons (Fsp3) is 0.615. The molecule has 0 aliphatic carbocycles. The Morgan fingerprint density at radius 2 is 2.22 bits per heavy atom. The van der Waals surface area contributed by atoms with Crippen LogP contribution in [0.15, 0.2) is 16.5 Å². The molecule has 100 valence electrons. The van der Waals surface area contributed by atoms with Gasteiger partial charge < -0.3 is 20.2 Å². The van der Waals surface area contributed by atoms with Crippen molar-refractivity contribution in [2.45, 2.75) is 32.4 Å². The highest BCUT2D eigenvalue weighted by Gasteiger charge is 2.23. The van der Waals surface area contributed by atoms with Crippen LogP contribution in [-0.2, 0) is 11.3 Å². The van der Waals surface area contributed by atoms with Crippen molar-refractivity contribution in [1.29, 1.82) is 0 Å². The highest BCUT2D eigenvalue weighted by Crippen LogP contribution is 2.19. The second kappa shape index (κ2) is 6.02. The molecule has 18 heavy (non-hydrogen) atoms. The fourth-order valence-corrected chi connectivity index (χ4v) is 2.22. The molecule has 2 heterocycles. The van der Waals surface area contributed by atoms with Gasteiger partial charge in [0, 0.05) is 19.3 Å². The summed E-state index contributed by atoms with van der Waals surface area (Å²) in [5.41, 5.74) is 5.44. The highest BCUT2D eigenvalue weighted by atomic mass is 16.5. The average molecular weight is 252 g/mol. The molecule has 3 N–H and O–H groups in total. The largest absolute Gasteiger partial charge is 0.455 e. The maximum absolute atomic E-state index is 12.0. The zero-order chi connectivity index (χ0) is 13.0. The summed E-state index contributed by atoms with van der Waals surface area (Å²) in [6.45, 7) is 3.90. The third-order valence-electron chi connectivity index (χ3n) is 3.42. The molecule has 1 aliphatic rings. The number of ether oxygens (including phenoxy) is 1. The molecule has 1 atom stereocenters. The first-order valence-corrected chi connectivity index (χ1v) is 6.38. The lowest BCUT2D eigenvalue weighted by molar-refractivity contribution is 0.0534. The number of nitrogens with two attached hydrogens (primary N) is 1. The van der Waals surface area contributed by atoms with E-state index < -0.39 is 0 Å². The van der Waals surface area contributed by atoms with E-state index in [9.17, 15) is 4.79 Å². The molecule has 1 aliphatic heterocycles. The van der Waals surface area contributed by atoms with E-state index in [-0.39, 0.29) is 11.9 Å². The van der Waals surface area contributed by atoms with E-state index in [2.05, 4.69) is 5.32 Å². The third kappa shape index (κ3) is 3.11. The van der Waals surface area contributed by atoms with Gasteiger partial charge in [-0.05, 0) is 37.8 Å². The molecular formula is C13H20N2O3. The summed E-state index contributed by atoms with van der Waals surface area (Å²) < 4.78 is 10.6. The third-order valence-corrected chi connectivity index (χ3v) is 3.42. The van der Waals surface area contributed by atoms with Gasteiger partial charge in [-0.15, -0.1) is 0 Å². The van der Waals surface area contributed by atoms with Crippen LogP contribution in [0.4, 0.5) is 0 Å². The Labute approximate surface area is 107 Å². The second-order valence-electron chi connectivity index (χ2n) is 4.68. The minimum absolute atomic E-state index is 0.132. The minimum atomic E-state index is -0.173. The molecule has 1 saturated heterocycles. The summed E-state index contributed by atoms with van der Waals surface area (Å²) in [4.78, 5) is 12.0. The molecule has 1 unspecified atom stereocenters. The average Bonchev–Trinajstić information content (AvgIpc) is 2.88. The predicted octanol–water partition coefficient (Wildman–Crippen LogP) is 1.28. The van der Waals surface area contributed by atoms with Gasteiger partial charge in [0.2, 0.25) is 0 Å². The molecule has 1 amide bonds. The van der Waals surface area contributed by atoms with Crippen molar-refractivity contribution in [3.63, 3.8) is 0 Å². The zero-order valence-electron chi connectivity index (χ0n) is 10.6. The van der Waals surface area contributed by atoms with Crippen molar-refractivity contribution in [2.75, 3.05) is 13.2 Å². The number of hydrogen-bond donors (Lipinski definition) is 2. The molecule has 5 heteroatoms. The fourth-order valence-electron chi connectivity index (χ4n) is 2.22. The molecule has 5 nitrogen and oxygen atoms in total. The summed E-state index contributed by atoms with van der Waals surface area (Å²) >= 11 is 0. The van der Waals surface area contributed by atoms with Crippen molar-refractivity contribution in [2.24, 2.45) is 11.7 Å². The summed E-state index contributed by atoms with van der Waals surface area (Å²) in [5.74, 6) is 1.26. The first-order valence-electron chi connectivity index (χ1n) is 6.38. The number of hydrogen-bond acceptors (Lipinski definition) is 4. The first kappa shape index (κ1) is 13.1. The van der Waals surface area contributed by atoms with Crippen molar-refractivity contribution in [1.82, 2.24) is 5.32 Å². The Balaban J connectivity index is 1.89. The van der Waals surface area contributed by atoms with Crippen LogP contribution in [0.1, 0.15) is 36.1 Å². The van der Waals surface area contributed by atoms with E-state index in [1.54, 1.807) is 12.1 Å². The van der Waals surface area contributed by atoms with Crippen LogP contribution in [0.2, 0.25) is 0 Å². The number of carbonyl (C=O) groups is 1. The van der Waals surface area contributed by atoms with Gasteiger partial charge in [0.25, 0.3) is 5.91 Å². The van der Waals surface area contributed by atoms with Crippen LogP contribution in [0.25, 0.3) is 0 Å². The number of carbonyl (C=O) groups excluding carboxylic acids is 1. The monoisotopic (exact) mass is 252 g/mol. The highest BCUT2D eigenvalue weighted by molar-refractivity contribution is 5.91. The minimum Gasteiger partial charge on any atom is -0.455 e. The lowest BCUT2D eigenvalue weighted by atomic mass is 9.93. The van der Waals surface area contributed by atoms with Crippen molar-refractivity contribution in [3.05, 3.63) is 23.7 Å². The summed E-state index contributed by atoms with van der Waals surface area (Å²) in [7, 11) is 0. The van der Waals surface area contributed by atoms with E-state index in [1.807, 2.05) is 6.92 Å². The summed E-state index contributed by atoms with van der Waals surface area (Å²) in [5, 5.41) is 2.97. The van der Waals surface area contributed by atoms with Crippen molar-refractivity contribution < 1.29 is 13.9 Å². The molecule has 1 fully saturated rings. The molecule has 2 rings (SSSR count). The number of furan rings is 1. The Kier molecular flexibility index (Phi) is 4.38. The topological polar surface area (TPSA) is 77.5 Å². The van der Waals surface area contributed by atoms with Gasteiger partial charge in [-0.2, -0.15) is 0 Å². The summed E-state index contributed by atoms with van der Waals surface area (Å²) in [6, 6.07) is 3.52. The van der Waals surface area contributed by atoms with Gasteiger partial charge in [-0.1, -0.05) is 0 Å². The van der Waals surface area contributed by atoms with Crippen LogP contribution in [0, 0.1) is 5.92 Å². The maximum atomic E-state index is 12.0. The molecule has 0 radical (unpaired) electrons. The molecule has 0 spiro atoms. The van der Waals surface area contributed by atoms with E-state index in [0.717, 1.165) is 26.1 Å². The molecular weight excluding hydrogens is 232 g/mol. The van der Waals surface area contributed by atoms with E-state index in [4.69, 9.17) is 14.9 Å². The van der Waals surface area contributed by atoms with Gasteiger partial charge in [0.1, 0.15) is 5.76 Å². The van der Waals surface area contributed by atoms with Crippen LogP contribution in [-0.4, -0.2) is 25.2 Å². The lowest BCUT2D eigenvalue weighted by Crippen LogP contribution is -2.40. The lowest BCUT2D eigenvalue weighted by Gasteiger charge is -2.28. The smallest absolute Gasteiger partial charge is 0.287 e. The van der Waals surface area contributed by atoms with E-state index in [1.165, 1.54) is 0 Å². The Hall–Kier alpha value is -1.33. The van der Waals surface area contributed by atoms with Crippen LogP contribution >= 0.6 is 0 Å². The zero-order valence-corrected chi connectivity index (χ0v) is 10.6. The first-order chi connectivity index (χ1) is 8.70. The molecule has 1 aromatic rings. The van der Waals surface area contributed by atoms with Gasteiger partial charge in [-0.25, -0.2) is 0 Å². The molecule has 0 aromatic carbocycles. The maximum Gasteiger partial charge on any atom is 0.287 e. The van der Waals surface area contributed by atoms with E-state index in [0.29, 0.717) is 24.0 Å². The molecule has 0 bridgehead atoms. The quantitative estimate of drug-likeness (QED) is 0.846. The standard InChI is InChI=1S/C13H20N2O3/c1-9(10-4-6-17-7-5-10)15-13(16)12-3-2-11(8-14)18-12/h2-3,9-10H,4-8,14H2,1H3,(H,15,16). The van der Waals surface area contributed by atoms with Crippen LogP contribution in [0.5, 0.6) is 0 Å². The van der Waals surface area contributed by atoms with E-state index >= 15 is 0 Å². The Morgan fingerprint density at radius 1 is 1.50 bits per heavy atom. The molecule has 1 aromatic heterocycles. The SMILES string of the molecule is CC(NC(=O)c1ccc(CN)o1)C1CCOCC1. The van der Waals surface area contributed by atoms with Crippen molar-refractivity contribution >= 4 is 5.91 Å². The molecule has 0 saturated carbocycles. The van der Waals surface area contributed by atoms with Crippen LogP contribution in [0.3, 0.4) is 0 Å². The summed E-state index contributed by atoms with van der Waals surface area (Å²) in [6.07, 6.45) is 1.99. The Bertz CT molecular complexity index is 397. The predicted molar refractivity (Wildman–Crippen MR) is 67.1 cm³/mol. The van der Waals surface area contributed by atoms with Crippen molar-refractivity contribution in [3.8, 4) is 0 Å².